The normalized spacial score (nSPS) is 11.2. The number of halogens is 3. The molecule has 4 nitrogen and oxygen atoms in total. The number of alkyl halides is 3. The summed E-state index contributed by atoms with van der Waals surface area (Å²) in [5.41, 5.74) is -0.596. The van der Waals surface area contributed by atoms with Gasteiger partial charge in [0, 0.05) is 6.20 Å². The molecule has 8 heteroatoms. The Morgan fingerprint density at radius 2 is 2.08 bits per heavy atom. The van der Waals surface area contributed by atoms with Crippen LogP contribution in [0.2, 0.25) is 0 Å². The van der Waals surface area contributed by atoms with Gasteiger partial charge in [0.1, 0.15) is 10.8 Å². The molecule has 0 radical (unpaired) electrons. The number of benzene rings is 1. The molecule has 134 valence electrons. The molecule has 0 saturated carbocycles. The Hall–Kier alpha value is -2.22. The van der Waals surface area contributed by atoms with E-state index in [1.165, 1.54) is 17.8 Å². The van der Waals surface area contributed by atoms with Gasteiger partial charge in [-0.2, -0.15) is 13.2 Å². The number of carbonyl (C=O) groups is 1. The number of rotatable bonds is 6. The summed E-state index contributed by atoms with van der Waals surface area (Å²) < 4.78 is 44.3. The Bertz CT molecular complexity index is 751. The van der Waals surface area contributed by atoms with Crippen molar-refractivity contribution < 1.29 is 22.7 Å². The molecule has 0 saturated heterocycles. The summed E-state index contributed by atoms with van der Waals surface area (Å²) in [6, 6.07) is 6.17. The molecule has 25 heavy (non-hydrogen) atoms. The fraction of sp³-hybridized carbons (Fsp3) is 0.294. The third kappa shape index (κ3) is 4.88. The molecule has 1 amide bonds. The van der Waals surface area contributed by atoms with E-state index < -0.39 is 17.6 Å². The first-order valence-electron chi connectivity index (χ1n) is 7.51. The molecule has 1 heterocycles. The zero-order valence-corrected chi connectivity index (χ0v) is 14.5. The van der Waals surface area contributed by atoms with E-state index in [-0.39, 0.29) is 17.0 Å². The van der Waals surface area contributed by atoms with E-state index in [0.717, 1.165) is 12.1 Å². The first kappa shape index (κ1) is 19.1. The molecular formula is C17H17F3N2O2S. The van der Waals surface area contributed by atoms with Gasteiger partial charge >= 0.3 is 6.18 Å². The standard InChI is InChI=1S/C17H17F3N2O2S/c1-3-9-24-14-7-6-11(17(18,19)20)10-13(14)22-15(23)12-5-4-8-21-16(12)25-2/h4-8,10H,3,9H2,1-2H3,(H,22,23). The molecule has 0 unspecified atom stereocenters. The third-order valence-electron chi connectivity index (χ3n) is 3.23. The van der Waals surface area contributed by atoms with Crippen molar-refractivity contribution in [3.05, 3.63) is 47.7 Å². The highest BCUT2D eigenvalue weighted by Gasteiger charge is 2.31. The van der Waals surface area contributed by atoms with Gasteiger partial charge in [-0.15, -0.1) is 11.8 Å². The minimum atomic E-state index is -4.51. The summed E-state index contributed by atoms with van der Waals surface area (Å²) in [5, 5.41) is 2.99. The number of anilines is 1. The lowest BCUT2D eigenvalue weighted by atomic mass is 10.1. The summed E-state index contributed by atoms with van der Waals surface area (Å²) in [6.07, 6.45) is -0.517. The molecular weight excluding hydrogens is 353 g/mol. The zero-order valence-electron chi connectivity index (χ0n) is 13.7. The number of pyridine rings is 1. The highest BCUT2D eigenvalue weighted by atomic mass is 32.2. The van der Waals surface area contributed by atoms with E-state index in [1.54, 1.807) is 24.6 Å². The van der Waals surface area contributed by atoms with Crippen molar-refractivity contribution in [1.29, 1.82) is 0 Å². The second kappa shape index (κ2) is 8.24. The van der Waals surface area contributed by atoms with Crippen LogP contribution in [0.1, 0.15) is 29.3 Å². The van der Waals surface area contributed by atoms with Crippen molar-refractivity contribution >= 4 is 23.4 Å². The summed E-state index contributed by atoms with van der Waals surface area (Å²) >= 11 is 1.28. The average molecular weight is 370 g/mol. The second-order valence-electron chi connectivity index (χ2n) is 5.07. The van der Waals surface area contributed by atoms with Crippen molar-refractivity contribution in [3.63, 3.8) is 0 Å². The molecule has 2 rings (SSSR count). The molecule has 1 aromatic heterocycles. The maximum atomic E-state index is 13.0. The predicted molar refractivity (Wildman–Crippen MR) is 91.2 cm³/mol. The van der Waals surface area contributed by atoms with Gasteiger partial charge in [-0.05, 0) is 43.0 Å². The number of carbonyl (C=O) groups excluding carboxylic acids is 1. The number of thioether (sulfide) groups is 1. The maximum Gasteiger partial charge on any atom is 0.416 e. The fourth-order valence-electron chi connectivity index (χ4n) is 2.06. The van der Waals surface area contributed by atoms with Gasteiger partial charge in [0.2, 0.25) is 0 Å². The Morgan fingerprint density at radius 3 is 2.72 bits per heavy atom. The van der Waals surface area contributed by atoms with Crippen molar-refractivity contribution in [3.8, 4) is 5.75 Å². The molecule has 0 fully saturated rings. The number of aromatic nitrogens is 1. The molecule has 0 bridgehead atoms. The van der Waals surface area contributed by atoms with Crippen LogP contribution < -0.4 is 10.1 Å². The van der Waals surface area contributed by atoms with E-state index in [4.69, 9.17) is 4.74 Å². The summed E-state index contributed by atoms with van der Waals surface area (Å²) in [4.78, 5) is 16.6. The predicted octanol–water partition coefficient (Wildman–Crippen LogP) is 4.86. The van der Waals surface area contributed by atoms with Crippen LogP contribution in [0.5, 0.6) is 5.75 Å². The first-order valence-corrected chi connectivity index (χ1v) is 8.73. The number of nitrogens with one attached hydrogen (secondary N) is 1. The zero-order chi connectivity index (χ0) is 18.4. The van der Waals surface area contributed by atoms with Crippen LogP contribution in [0.3, 0.4) is 0 Å². The first-order chi connectivity index (χ1) is 11.9. The Morgan fingerprint density at radius 1 is 1.32 bits per heavy atom. The smallest absolute Gasteiger partial charge is 0.416 e. The second-order valence-corrected chi connectivity index (χ2v) is 5.87. The van der Waals surface area contributed by atoms with Gasteiger partial charge in [-0.1, -0.05) is 6.92 Å². The average Bonchev–Trinajstić information content (AvgIpc) is 2.59. The van der Waals surface area contributed by atoms with Gasteiger partial charge in [0.15, 0.2) is 0 Å². The summed E-state index contributed by atoms with van der Waals surface area (Å²) in [7, 11) is 0. The molecule has 0 aliphatic heterocycles. The van der Waals surface area contributed by atoms with E-state index >= 15 is 0 Å². The number of ether oxygens (including phenoxy) is 1. The lowest BCUT2D eigenvalue weighted by Crippen LogP contribution is -2.16. The lowest BCUT2D eigenvalue weighted by molar-refractivity contribution is -0.137. The topological polar surface area (TPSA) is 51.2 Å². The minimum absolute atomic E-state index is 0.0239. The summed E-state index contributed by atoms with van der Waals surface area (Å²) in [5.74, 6) is -0.351. The Labute approximate surface area is 147 Å². The van der Waals surface area contributed by atoms with Gasteiger partial charge < -0.3 is 10.1 Å². The molecule has 0 aliphatic rings. The van der Waals surface area contributed by atoms with Gasteiger partial charge in [0.05, 0.1) is 23.4 Å². The van der Waals surface area contributed by atoms with Gasteiger partial charge in [-0.25, -0.2) is 4.98 Å². The molecule has 2 aromatic rings. The highest BCUT2D eigenvalue weighted by Crippen LogP contribution is 2.35. The van der Waals surface area contributed by atoms with E-state index in [2.05, 4.69) is 10.3 Å². The third-order valence-corrected chi connectivity index (χ3v) is 3.94. The van der Waals surface area contributed by atoms with Crippen LogP contribution in [0.25, 0.3) is 0 Å². The van der Waals surface area contributed by atoms with Crippen molar-refractivity contribution in [2.75, 3.05) is 18.2 Å². The van der Waals surface area contributed by atoms with Gasteiger partial charge in [0.25, 0.3) is 5.91 Å². The fourth-order valence-corrected chi connectivity index (χ4v) is 2.60. The van der Waals surface area contributed by atoms with Crippen LogP contribution in [0.4, 0.5) is 18.9 Å². The molecule has 1 aromatic carbocycles. The maximum absolute atomic E-state index is 13.0. The monoisotopic (exact) mass is 370 g/mol. The van der Waals surface area contributed by atoms with Crippen LogP contribution >= 0.6 is 11.8 Å². The molecule has 0 atom stereocenters. The van der Waals surface area contributed by atoms with E-state index in [9.17, 15) is 18.0 Å². The number of nitrogens with zero attached hydrogens (tertiary/aromatic N) is 1. The lowest BCUT2D eigenvalue weighted by Gasteiger charge is -2.15. The number of hydrogen-bond donors (Lipinski definition) is 1. The largest absolute Gasteiger partial charge is 0.491 e. The molecule has 0 spiro atoms. The van der Waals surface area contributed by atoms with Crippen LogP contribution in [-0.2, 0) is 6.18 Å². The summed E-state index contributed by atoms with van der Waals surface area (Å²) in [6.45, 7) is 2.21. The highest BCUT2D eigenvalue weighted by molar-refractivity contribution is 7.98. The van der Waals surface area contributed by atoms with Crippen LogP contribution in [0, 0.1) is 0 Å². The van der Waals surface area contributed by atoms with Crippen molar-refractivity contribution in [2.45, 2.75) is 24.5 Å². The Balaban J connectivity index is 2.36. The number of amides is 1. The van der Waals surface area contributed by atoms with Crippen molar-refractivity contribution in [1.82, 2.24) is 4.98 Å². The van der Waals surface area contributed by atoms with Gasteiger partial charge in [-0.3, -0.25) is 4.79 Å². The minimum Gasteiger partial charge on any atom is -0.491 e. The quantitative estimate of drug-likeness (QED) is 0.738. The van der Waals surface area contributed by atoms with Crippen LogP contribution in [0.15, 0.2) is 41.6 Å². The van der Waals surface area contributed by atoms with E-state index in [0.29, 0.717) is 18.1 Å². The SMILES string of the molecule is CCCOc1ccc(C(F)(F)F)cc1NC(=O)c1cccnc1SC. The van der Waals surface area contributed by atoms with Crippen LogP contribution in [-0.4, -0.2) is 23.8 Å². The van der Waals surface area contributed by atoms with E-state index in [1.807, 2.05) is 6.92 Å². The molecule has 1 N–H and O–H groups in total. The number of hydrogen-bond acceptors (Lipinski definition) is 4. The molecule has 0 aliphatic carbocycles. The Kier molecular flexibility index (Phi) is 6.30. The van der Waals surface area contributed by atoms with Crippen molar-refractivity contribution in [2.24, 2.45) is 0 Å².